The van der Waals surface area contributed by atoms with Crippen molar-refractivity contribution < 1.29 is 9.32 Å². The van der Waals surface area contributed by atoms with Gasteiger partial charge in [-0.25, -0.2) is 0 Å². The van der Waals surface area contributed by atoms with Crippen molar-refractivity contribution >= 4 is 17.2 Å². The van der Waals surface area contributed by atoms with E-state index in [9.17, 15) is 4.79 Å². The summed E-state index contributed by atoms with van der Waals surface area (Å²) in [7, 11) is 0. The van der Waals surface area contributed by atoms with Gasteiger partial charge in [0, 0.05) is 13.5 Å². The molecule has 1 amide bonds. The first-order valence-electron chi connectivity index (χ1n) is 7.29. The third-order valence-electron chi connectivity index (χ3n) is 3.83. The summed E-state index contributed by atoms with van der Waals surface area (Å²) in [5, 5.41) is 14.9. The number of likely N-dealkylation sites (tertiary alicyclic amines) is 1. The fraction of sp³-hybridized carbons (Fsp3) is 0.467. The third-order valence-corrected chi connectivity index (χ3v) is 4.74. The highest BCUT2D eigenvalue weighted by molar-refractivity contribution is 7.12. The number of aromatic nitrogens is 2. The van der Waals surface area contributed by atoms with Crippen molar-refractivity contribution in [2.24, 2.45) is 0 Å². The molecule has 3 rings (SSSR count). The van der Waals surface area contributed by atoms with Crippen LogP contribution >= 0.6 is 11.3 Å². The summed E-state index contributed by atoms with van der Waals surface area (Å²) >= 11 is 1.31. The van der Waals surface area contributed by atoms with Gasteiger partial charge in [-0.3, -0.25) is 4.79 Å². The highest BCUT2D eigenvalue weighted by atomic mass is 32.1. The maximum absolute atomic E-state index is 12.9. The van der Waals surface area contributed by atoms with Crippen LogP contribution in [0, 0.1) is 18.3 Å². The van der Waals surface area contributed by atoms with Crippen molar-refractivity contribution in [2.45, 2.75) is 38.6 Å². The lowest BCUT2D eigenvalue weighted by Crippen LogP contribution is -2.35. The summed E-state index contributed by atoms with van der Waals surface area (Å²) in [6, 6.07) is 3.59. The standard InChI is InChI=1S/C15H16N4O2S/c1-10-17-14(18-21-10)12-5-3-2-4-7-19(12)15(20)13-11(9-16)6-8-22-13/h6,8,12H,2-5,7H2,1H3/t12-/m1/s1. The molecule has 2 aromatic rings. The molecule has 0 saturated carbocycles. The lowest BCUT2D eigenvalue weighted by molar-refractivity contribution is 0.0675. The third kappa shape index (κ3) is 2.74. The minimum atomic E-state index is -0.180. The van der Waals surface area contributed by atoms with E-state index in [0.717, 1.165) is 25.7 Å². The summed E-state index contributed by atoms with van der Waals surface area (Å²) in [6.45, 7) is 2.40. The molecule has 0 spiro atoms. The maximum Gasteiger partial charge on any atom is 0.265 e. The van der Waals surface area contributed by atoms with Gasteiger partial charge in [-0.2, -0.15) is 10.2 Å². The number of thiophene rings is 1. The average molecular weight is 316 g/mol. The first-order chi connectivity index (χ1) is 10.7. The van der Waals surface area contributed by atoms with Crippen LogP contribution in [0.2, 0.25) is 0 Å². The second-order valence-electron chi connectivity index (χ2n) is 5.31. The molecule has 0 unspecified atom stereocenters. The number of rotatable bonds is 2. The molecule has 0 N–H and O–H groups in total. The Labute approximate surface area is 132 Å². The second-order valence-corrected chi connectivity index (χ2v) is 6.23. The number of hydrogen-bond acceptors (Lipinski definition) is 6. The van der Waals surface area contributed by atoms with E-state index in [0.29, 0.717) is 28.7 Å². The second kappa shape index (κ2) is 6.28. The molecule has 114 valence electrons. The molecule has 0 radical (unpaired) electrons. The van der Waals surface area contributed by atoms with E-state index in [-0.39, 0.29) is 11.9 Å². The topological polar surface area (TPSA) is 83.0 Å². The zero-order valence-electron chi connectivity index (χ0n) is 12.3. The van der Waals surface area contributed by atoms with E-state index in [1.54, 1.807) is 23.3 Å². The lowest BCUT2D eigenvalue weighted by Gasteiger charge is -2.27. The van der Waals surface area contributed by atoms with Crippen LogP contribution in [0.25, 0.3) is 0 Å². The first-order valence-corrected chi connectivity index (χ1v) is 8.17. The van der Waals surface area contributed by atoms with Crippen molar-refractivity contribution in [2.75, 3.05) is 6.54 Å². The van der Waals surface area contributed by atoms with E-state index in [1.165, 1.54) is 11.3 Å². The smallest absolute Gasteiger partial charge is 0.265 e. The molecule has 1 atom stereocenters. The van der Waals surface area contributed by atoms with E-state index < -0.39 is 0 Å². The van der Waals surface area contributed by atoms with Gasteiger partial charge in [0.2, 0.25) is 5.89 Å². The van der Waals surface area contributed by atoms with E-state index in [2.05, 4.69) is 16.2 Å². The van der Waals surface area contributed by atoms with Crippen LogP contribution in [0.3, 0.4) is 0 Å². The van der Waals surface area contributed by atoms with Crippen molar-refractivity contribution in [1.82, 2.24) is 15.0 Å². The Morgan fingerprint density at radius 1 is 1.50 bits per heavy atom. The van der Waals surface area contributed by atoms with Crippen molar-refractivity contribution in [3.05, 3.63) is 33.6 Å². The molecular weight excluding hydrogens is 300 g/mol. The SMILES string of the molecule is Cc1nc([C@H]2CCCCCN2C(=O)c2sccc2C#N)no1. The largest absolute Gasteiger partial charge is 0.340 e. The minimum Gasteiger partial charge on any atom is -0.340 e. The molecule has 1 aliphatic heterocycles. The van der Waals surface area contributed by atoms with Gasteiger partial charge in [-0.05, 0) is 24.3 Å². The molecule has 1 aliphatic rings. The number of aryl methyl sites for hydroxylation is 1. The molecule has 7 heteroatoms. The quantitative estimate of drug-likeness (QED) is 0.850. The molecule has 0 aromatic carbocycles. The highest BCUT2D eigenvalue weighted by Crippen LogP contribution is 2.31. The zero-order valence-corrected chi connectivity index (χ0v) is 13.1. The average Bonchev–Trinajstić information content (AvgIpc) is 3.09. The summed E-state index contributed by atoms with van der Waals surface area (Å²) in [5.41, 5.74) is 0.433. The molecule has 3 heterocycles. The number of amides is 1. The van der Waals surface area contributed by atoms with Gasteiger partial charge in [-0.1, -0.05) is 18.0 Å². The van der Waals surface area contributed by atoms with Gasteiger partial charge in [0.15, 0.2) is 5.82 Å². The molecule has 0 aliphatic carbocycles. The number of carbonyl (C=O) groups is 1. The Balaban J connectivity index is 1.94. The summed E-state index contributed by atoms with van der Waals surface area (Å²) in [5.74, 6) is 0.948. The monoisotopic (exact) mass is 316 g/mol. The molecule has 2 aromatic heterocycles. The summed E-state index contributed by atoms with van der Waals surface area (Å²) < 4.78 is 5.07. The summed E-state index contributed by atoms with van der Waals surface area (Å²) in [6.07, 6.45) is 3.87. The van der Waals surface area contributed by atoms with Crippen LogP contribution in [-0.4, -0.2) is 27.5 Å². The lowest BCUT2D eigenvalue weighted by atomic mass is 10.1. The van der Waals surface area contributed by atoms with Crippen LogP contribution in [0.1, 0.15) is 58.7 Å². The van der Waals surface area contributed by atoms with E-state index >= 15 is 0 Å². The Morgan fingerprint density at radius 3 is 3.09 bits per heavy atom. The fourth-order valence-corrected chi connectivity index (χ4v) is 3.56. The molecular formula is C15H16N4O2S. The predicted octanol–water partition coefficient (Wildman–Crippen LogP) is 3.07. The fourth-order valence-electron chi connectivity index (χ4n) is 2.76. The molecule has 6 nitrogen and oxygen atoms in total. The number of carbonyl (C=O) groups excluding carboxylic acids is 1. The van der Waals surface area contributed by atoms with Crippen LogP contribution in [0.5, 0.6) is 0 Å². The number of nitriles is 1. The van der Waals surface area contributed by atoms with Crippen molar-refractivity contribution in [3.63, 3.8) is 0 Å². The van der Waals surface area contributed by atoms with Gasteiger partial charge in [0.05, 0.1) is 11.6 Å². The van der Waals surface area contributed by atoms with Crippen LogP contribution in [0.4, 0.5) is 0 Å². The Morgan fingerprint density at radius 2 is 2.36 bits per heavy atom. The Bertz CT molecular complexity index is 715. The Kier molecular flexibility index (Phi) is 4.20. The van der Waals surface area contributed by atoms with E-state index in [4.69, 9.17) is 9.78 Å². The van der Waals surface area contributed by atoms with E-state index in [1.807, 2.05) is 0 Å². The predicted molar refractivity (Wildman–Crippen MR) is 80.3 cm³/mol. The van der Waals surface area contributed by atoms with Gasteiger partial charge in [0.25, 0.3) is 5.91 Å². The highest BCUT2D eigenvalue weighted by Gasteiger charge is 2.32. The summed E-state index contributed by atoms with van der Waals surface area (Å²) in [4.78, 5) is 19.5. The van der Waals surface area contributed by atoms with Gasteiger partial charge in [0.1, 0.15) is 10.9 Å². The van der Waals surface area contributed by atoms with Gasteiger partial charge < -0.3 is 9.42 Å². The normalized spacial score (nSPS) is 18.7. The number of nitrogens with zero attached hydrogens (tertiary/aromatic N) is 4. The van der Waals surface area contributed by atoms with Crippen LogP contribution < -0.4 is 0 Å². The van der Waals surface area contributed by atoms with Gasteiger partial charge in [-0.15, -0.1) is 11.3 Å². The zero-order chi connectivity index (χ0) is 15.5. The van der Waals surface area contributed by atoms with Crippen LogP contribution in [0.15, 0.2) is 16.0 Å². The van der Waals surface area contributed by atoms with Crippen LogP contribution in [-0.2, 0) is 0 Å². The first kappa shape index (κ1) is 14.7. The minimum absolute atomic E-state index is 0.110. The van der Waals surface area contributed by atoms with Gasteiger partial charge >= 0.3 is 0 Å². The molecule has 1 saturated heterocycles. The number of hydrogen-bond donors (Lipinski definition) is 0. The van der Waals surface area contributed by atoms with Crippen molar-refractivity contribution in [3.8, 4) is 6.07 Å². The maximum atomic E-state index is 12.9. The van der Waals surface area contributed by atoms with Crippen molar-refractivity contribution in [1.29, 1.82) is 5.26 Å². The Hall–Kier alpha value is -2.20. The molecule has 1 fully saturated rings. The molecule has 22 heavy (non-hydrogen) atoms. The molecule has 0 bridgehead atoms.